The number of carbonyl (C=O) groups is 1. The largest absolute Gasteiger partial charge is 0.486 e. The molecular formula is C22H27N3O4. The van der Waals surface area contributed by atoms with Crippen LogP contribution in [0.5, 0.6) is 11.5 Å². The Kier molecular flexibility index (Phi) is 6.14. The van der Waals surface area contributed by atoms with E-state index in [0.717, 1.165) is 43.0 Å². The lowest BCUT2D eigenvalue weighted by Gasteiger charge is -2.26. The molecule has 29 heavy (non-hydrogen) atoms. The summed E-state index contributed by atoms with van der Waals surface area (Å²) in [5.74, 6) is 2.11. The maximum absolute atomic E-state index is 12.4. The van der Waals surface area contributed by atoms with Crippen molar-refractivity contribution >= 4 is 11.7 Å². The van der Waals surface area contributed by atoms with Gasteiger partial charge in [0.1, 0.15) is 18.5 Å². The lowest BCUT2D eigenvalue weighted by molar-refractivity contribution is 0.0812. The van der Waals surface area contributed by atoms with Crippen LogP contribution in [0.25, 0.3) is 0 Å². The maximum Gasteiger partial charge on any atom is 0.252 e. The first-order valence-electron chi connectivity index (χ1n) is 10.2. The fourth-order valence-electron chi connectivity index (χ4n) is 3.70. The van der Waals surface area contributed by atoms with E-state index in [2.05, 4.69) is 15.6 Å². The predicted octanol–water partition coefficient (Wildman–Crippen LogP) is 2.76. The van der Waals surface area contributed by atoms with E-state index in [1.807, 2.05) is 30.3 Å². The average Bonchev–Trinajstić information content (AvgIpc) is 2.76. The Morgan fingerprint density at radius 2 is 1.90 bits per heavy atom. The van der Waals surface area contributed by atoms with Crippen molar-refractivity contribution in [3.8, 4) is 11.5 Å². The number of carbonyl (C=O) groups excluding carboxylic acids is 1. The standard InChI is InChI=1S/C22H27N3O4/c26-17-8-6-16(7-9-17)25-21-10-5-15(13-24-21)22(27)23-12-11-18-14-28-19-3-1-2-4-20(19)29-18/h1-5,10,13,16-18,26H,6-9,11-12,14H2,(H,23,27)(H,24,25). The number of hydrogen-bond donors (Lipinski definition) is 3. The summed E-state index contributed by atoms with van der Waals surface area (Å²) in [5, 5.41) is 15.9. The molecule has 1 fully saturated rings. The summed E-state index contributed by atoms with van der Waals surface area (Å²) in [7, 11) is 0. The number of benzene rings is 1. The van der Waals surface area contributed by atoms with Gasteiger partial charge in [0.25, 0.3) is 5.91 Å². The molecule has 1 aliphatic carbocycles. The number of hydrogen-bond acceptors (Lipinski definition) is 6. The van der Waals surface area contributed by atoms with Crippen LogP contribution in [0, 0.1) is 0 Å². The highest BCUT2D eigenvalue weighted by molar-refractivity contribution is 5.94. The number of aliphatic hydroxyl groups is 1. The molecule has 7 heteroatoms. The Morgan fingerprint density at radius 3 is 2.66 bits per heavy atom. The molecule has 1 aromatic heterocycles. The number of nitrogens with one attached hydrogen (secondary N) is 2. The highest BCUT2D eigenvalue weighted by Crippen LogP contribution is 2.31. The third-order valence-corrected chi connectivity index (χ3v) is 5.39. The van der Waals surface area contributed by atoms with Crippen molar-refractivity contribution < 1.29 is 19.4 Å². The number of anilines is 1. The lowest BCUT2D eigenvalue weighted by atomic mass is 9.93. The van der Waals surface area contributed by atoms with Crippen molar-refractivity contribution in [3.05, 3.63) is 48.2 Å². The number of para-hydroxylation sites is 2. The van der Waals surface area contributed by atoms with Gasteiger partial charge in [0.05, 0.1) is 11.7 Å². The normalized spacial score (nSPS) is 23.3. The van der Waals surface area contributed by atoms with E-state index in [9.17, 15) is 9.90 Å². The number of ether oxygens (including phenoxy) is 2. The number of aromatic nitrogens is 1. The molecule has 2 heterocycles. The van der Waals surface area contributed by atoms with Crippen molar-refractivity contribution in [1.29, 1.82) is 0 Å². The Balaban J connectivity index is 1.21. The molecule has 1 aromatic carbocycles. The number of amides is 1. The summed E-state index contributed by atoms with van der Waals surface area (Å²) in [6.45, 7) is 0.979. The van der Waals surface area contributed by atoms with Crippen LogP contribution >= 0.6 is 0 Å². The summed E-state index contributed by atoms with van der Waals surface area (Å²) in [5.41, 5.74) is 0.528. The van der Waals surface area contributed by atoms with Gasteiger partial charge >= 0.3 is 0 Å². The molecule has 1 atom stereocenters. The molecule has 1 saturated carbocycles. The van der Waals surface area contributed by atoms with Crippen LogP contribution in [0.1, 0.15) is 42.5 Å². The Morgan fingerprint density at radius 1 is 1.10 bits per heavy atom. The molecule has 2 aromatic rings. The molecule has 1 unspecified atom stereocenters. The van der Waals surface area contributed by atoms with Gasteiger partial charge < -0.3 is 25.2 Å². The molecule has 0 radical (unpaired) electrons. The van der Waals surface area contributed by atoms with Gasteiger partial charge in [-0.3, -0.25) is 4.79 Å². The summed E-state index contributed by atoms with van der Waals surface area (Å²) in [6.07, 6.45) is 5.51. The van der Waals surface area contributed by atoms with Crippen molar-refractivity contribution in [2.24, 2.45) is 0 Å². The van der Waals surface area contributed by atoms with Crippen LogP contribution in [0.15, 0.2) is 42.6 Å². The molecule has 1 amide bonds. The van der Waals surface area contributed by atoms with Crippen molar-refractivity contribution in [2.45, 2.75) is 50.4 Å². The van der Waals surface area contributed by atoms with Gasteiger partial charge in [-0.2, -0.15) is 0 Å². The number of nitrogens with zero attached hydrogens (tertiary/aromatic N) is 1. The Hall–Kier alpha value is -2.80. The predicted molar refractivity (Wildman–Crippen MR) is 109 cm³/mol. The first-order valence-corrected chi connectivity index (χ1v) is 10.2. The van der Waals surface area contributed by atoms with E-state index in [0.29, 0.717) is 31.2 Å². The van der Waals surface area contributed by atoms with Crippen molar-refractivity contribution in [3.63, 3.8) is 0 Å². The van der Waals surface area contributed by atoms with Crippen molar-refractivity contribution in [1.82, 2.24) is 10.3 Å². The number of pyridine rings is 1. The second-order valence-electron chi connectivity index (χ2n) is 7.62. The third-order valence-electron chi connectivity index (χ3n) is 5.39. The quantitative estimate of drug-likeness (QED) is 0.694. The van der Waals surface area contributed by atoms with E-state index in [1.54, 1.807) is 12.3 Å². The Labute approximate surface area is 170 Å². The fourth-order valence-corrected chi connectivity index (χ4v) is 3.70. The zero-order chi connectivity index (χ0) is 20.1. The third kappa shape index (κ3) is 5.17. The van der Waals surface area contributed by atoms with E-state index in [1.165, 1.54) is 0 Å². The minimum absolute atomic E-state index is 0.0797. The first-order chi connectivity index (χ1) is 14.2. The summed E-state index contributed by atoms with van der Waals surface area (Å²) >= 11 is 0. The van der Waals surface area contributed by atoms with Crippen LogP contribution in [-0.2, 0) is 0 Å². The van der Waals surface area contributed by atoms with Crippen LogP contribution in [0.2, 0.25) is 0 Å². The van der Waals surface area contributed by atoms with E-state index in [-0.39, 0.29) is 18.1 Å². The van der Waals surface area contributed by atoms with E-state index >= 15 is 0 Å². The molecule has 7 nitrogen and oxygen atoms in total. The van der Waals surface area contributed by atoms with Crippen molar-refractivity contribution in [2.75, 3.05) is 18.5 Å². The van der Waals surface area contributed by atoms with E-state index in [4.69, 9.17) is 9.47 Å². The SMILES string of the molecule is O=C(NCCC1COc2ccccc2O1)c1ccc(NC2CCC(O)CC2)nc1. The number of rotatable bonds is 6. The molecule has 0 spiro atoms. The average molecular weight is 397 g/mol. The molecule has 1 aliphatic heterocycles. The second-order valence-corrected chi connectivity index (χ2v) is 7.62. The van der Waals surface area contributed by atoms with Gasteiger partial charge in [0.2, 0.25) is 0 Å². The zero-order valence-electron chi connectivity index (χ0n) is 16.3. The highest BCUT2D eigenvalue weighted by Gasteiger charge is 2.21. The van der Waals surface area contributed by atoms with Gasteiger partial charge in [0.15, 0.2) is 11.5 Å². The van der Waals surface area contributed by atoms with Gasteiger partial charge in [-0.15, -0.1) is 0 Å². The summed E-state index contributed by atoms with van der Waals surface area (Å²) < 4.78 is 11.6. The monoisotopic (exact) mass is 397 g/mol. The number of aliphatic hydroxyl groups excluding tert-OH is 1. The minimum atomic E-state index is -0.174. The molecule has 0 saturated heterocycles. The molecule has 3 N–H and O–H groups in total. The van der Waals surface area contributed by atoms with Gasteiger partial charge in [0, 0.05) is 25.2 Å². The van der Waals surface area contributed by atoms with Crippen LogP contribution < -0.4 is 20.1 Å². The van der Waals surface area contributed by atoms with Crippen LogP contribution in [-0.4, -0.2) is 47.4 Å². The van der Waals surface area contributed by atoms with Gasteiger partial charge in [-0.05, 0) is 49.9 Å². The lowest BCUT2D eigenvalue weighted by Crippen LogP contribution is -2.34. The highest BCUT2D eigenvalue weighted by atomic mass is 16.6. The first kappa shape index (κ1) is 19.5. The molecule has 2 aliphatic rings. The summed E-state index contributed by atoms with van der Waals surface area (Å²) in [6, 6.07) is 11.5. The minimum Gasteiger partial charge on any atom is -0.486 e. The van der Waals surface area contributed by atoms with E-state index < -0.39 is 0 Å². The molecule has 154 valence electrons. The Bertz CT molecular complexity index is 819. The number of fused-ring (bicyclic) bond motifs is 1. The van der Waals surface area contributed by atoms with Gasteiger partial charge in [-0.25, -0.2) is 4.98 Å². The van der Waals surface area contributed by atoms with Crippen LogP contribution in [0.4, 0.5) is 5.82 Å². The topological polar surface area (TPSA) is 92.7 Å². The molecule has 0 bridgehead atoms. The fraction of sp³-hybridized carbons (Fsp3) is 0.455. The maximum atomic E-state index is 12.4. The van der Waals surface area contributed by atoms with Gasteiger partial charge in [-0.1, -0.05) is 12.1 Å². The zero-order valence-corrected chi connectivity index (χ0v) is 16.3. The van der Waals surface area contributed by atoms with Crippen LogP contribution in [0.3, 0.4) is 0 Å². The molecular weight excluding hydrogens is 370 g/mol. The summed E-state index contributed by atoms with van der Waals surface area (Å²) in [4.78, 5) is 16.7. The smallest absolute Gasteiger partial charge is 0.252 e. The second kappa shape index (κ2) is 9.13. The molecule has 4 rings (SSSR count).